The zero-order valence-electron chi connectivity index (χ0n) is 12.7. The molecule has 0 N–H and O–H groups in total. The van der Waals surface area contributed by atoms with Gasteiger partial charge in [0.1, 0.15) is 0 Å². The molecule has 1 heterocycles. The van der Waals surface area contributed by atoms with Crippen molar-refractivity contribution in [2.45, 2.75) is 45.8 Å². The molecule has 2 aromatic carbocycles. The lowest BCUT2D eigenvalue weighted by Crippen LogP contribution is -2.41. The fourth-order valence-electron chi connectivity index (χ4n) is 2.92. The molecule has 0 spiro atoms. The normalized spacial score (nSPS) is 15.9. The van der Waals surface area contributed by atoms with Crippen LogP contribution in [0, 0.1) is 0 Å². The average Bonchev–Trinajstić information content (AvgIpc) is 2.37. The van der Waals surface area contributed by atoms with E-state index >= 15 is 0 Å². The number of rotatable bonds is 0. The summed E-state index contributed by atoms with van der Waals surface area (Å²) >= 11 is 0. The zero-order chi connectivity index (χ0) is 14.2. The topological polar surface area (TPSA) is 3.24 Å². The molecule has 3 rings (SSSR count). The Morgan fingerprint density at radius 3 is 1.50 bits per heavy atom. The quantitative estimate of drug-likeness (QED) is 0.683. The van der Waals surface area contributed by atoms with E-state index in [4.69, 9.17) is 0 Å². The summed E-state index contributed by atoms with van der Waals surface area (Å²) in [5.74, 6) is 0. The lowest BCUT2D eigenvalue weighted by Gasteiger charge is -2.38. The Morgan fingerprint density at radius 2 is 1.10 bits per heavy atom. The van der Waals surface area contributed by atoms with Gasteiger partial charge in [0.2, 0.25) is 0 Å². The lowest BCUT2D eigenvalue weighted by atomic mass is 9.91. The first-order chi connectivity index (χ1) is 9.54. The molecule has 0 bridgehead atoms. The van der Waals surface area contributed by atoms with Crippen molar-refractivity contribution >= 4 is 0 Å². The minimum absolute atomic E-state index is 0.178. The van der Waals surface area contributed by atoms with Gasteiger partial charge in [-0.05, 0) is 49.4 Å². The summed E-state index contributed by atoms with van der Waals surface area (Å²) in [4.78, 5) is 2.57. The van der Waals surface area contributed by atoms with Gasteiger partial charge in [-0.1, -0.05) is 48.5 Å². The molecule has 20 heavy (non-hydrogen) atoms. The summed E-state index contributed by atoms with van der Waals surface area (Å²) in [6, 6.07) is 17.7. The van der Waals surface area contributed by atoms with Crippen molar-refractivity contribution in [3.63, 3.8) is 0 Å². The zero-order valence-corrected chi connectivity index (χ0v) is 12.7. The monoisotopic (exact) mass is 265 g/mol. The van der Waals surface area contributed by atoms with Crippen LogP contribution in [0.2, 0.25) is 0 Å². The maximum atomic E-state index is 2.57. The maximum absolute atomic E-state index is 2.57. The highest BCUT2D eigenvalue weighted by atomic mass is 15.2. The van der Waals surface area contributed by atoms with E-state index in [2.05, 4.69) is 74.2 Å². The molecule has 0 aromatic heterocycles. The number of hydrogen-bond donors (Lipinski definition) is 0. The summed E-state index contributed by atoms with van der Waals surface area (Å²) in [5, 5.41) is 0. The standard InChI is InChI=1S/C19H23N/c1-19(2,3)20-13-17-10-6-4-8-15(17)12-16-9-5-7-11-18(16)14-20/h4-11H,12-14H2,1-3H3. The van der Waals surface area contributed by atoms with E-state index in [1.54, 1.807) is 0 Å². The van der Waals surface area contributed by atoms with Crippen LogP contribution in [0.1, 0.15) is 43.0 Å². The fourth-order valence-corrected chi connectivity index (χ4v) is 2.92. The molecule has 0 radical (unpaired) electrons. The van der Waals surface area contributed by atoms with Gasteiger partial charge >= 0.3 is 0 Å². The van der Waals surface area contributed by atoms with E-state index in [9.17, 15) is 0 Å². The molecule has 2 aromatic rings. The Hall–Kier alpha value is -1.60. The van der Waals surface area contributed by atoms with Gasteiger partial charge in [-0.3, -0.25) is 4.90 Å². The highest BCUT2D eigenvalue weighted by molar-refractivity contribution is 5.38. The second-order valence-electron chi connectivity index (χ2n) is 6.74. The number of fused-ring (bicyclic) bond motifs is 2. The molecule has 1 heteroatoms. The van der Waals surface area contributed by atoms with Crippen LogP contribution < -0.4 is 0 Å². The molecular weight excluding hydrogens is 242 g/mol. The third kappa shape index (κ3) is 2.64. The molecule has 104 valence electrons. The van der Waals surface area contributed by atoms with E-state index in [1.165, 1.54) is 22.3 Å². The molecular formula is C19H23N. The molecule has 0 aliphatic carbocycles. The van der Waals surface area contributed by atoms with Crippen LogP contribution in [-0.4, -0.2) is 10.4 Å². The lowest BCUT2D eigenvalue weighted by molar-refractivity contribution is 0.117. The second kappa shape index (κ2) is 5.06. The molecule has 1 aliphatic rings. The smallest absolute Gasteiger partial charge is 0.0245 e. The SMILES string of the molecule is CC(C)(C)N1Cc2ccccc2Cc2ccccc2C1. The summed E-state index contributed by atoms with van der Waals surface area (Å²) in [6.45, 7) is 8.99. The van der Waals surface area contributed by atoms with Crippen LogP contribution in [-0.2, 0) is 19.5 Å². The third-order valence-corrected chi connectivity index (χ3v) is 4.29. The van der Waals surface area contributed by atoms with Crippen LogP contribution in [0.5, 0.6) is 0 Å². The number of nitrogens with zero attached hydrogens (tertiary/aromatic N) is 1. The van der Waals surface area contributed by atoms with Crippen molar-refractivity contribution in [3.8, 4) is 0 Å². The first-order valence-electron chi connectivity index (χ1n) is 7.42. The van der Waals surface area contributed by atoms with Gasteiger partial charge in [-0.2, -0.15) is 0 Å². The minimum Gasteiger partial charge on any atom is -0.290 e. The number of benzene rings is 2. The highest BCUT2D eigenvalue weighted by Gasteiger charge is 2.25. The molecule has 0 saturated carbocycles. The Morgan fingerprint density at radius 1 is 0.700 bits per heavy atom. The van der Waals surface area contributed by atoms with Crippen LogP contribution >= 0.6 is 0 Å². The van der Waals surface area contributed by atoms with Crippen molar-refractivity contribution < 1.29 is 0 Å². The summed E-state index contributed by atoms with van der Waals surface area (Å²) < 4.78 is 0. The highest BCUT2D eigenvalue weighted by Crippen LogP contribution is 2.28. The average molecular weight is 265 g/mol. The van der Waals surface area contributed by atoms with Gasteiger partial charge in [-0.25, -0.2) is 0 Å². The molecule has 1 nitrogen and oxygen atoms in total. The second-order valence-corrected chi connectivity index (χ2v) is 6.74. The molecule has 1 aliphatic heterocycles. The Kier molecular flexibility index (Phi) is 3.39. The predicted molar refractivity (Wildman–Crippen MR) is 84.7 cm³/mol. The fraction of sp³-hybridized carbons (Fsp3) is 0.368. The Balaban J connectivity index is 2.10. The summed E-state index contributed by atoms with van der Waals surface area (Å²) in [6.07, 6.45) is 1.06. The van der Waals surface area contributed by atoms with Crippen LogP contribution in [0.4, 0.5) is 0 Å². The van der Waals surface area contributed by atoms with Gasteiger partial charge in [-0.15, -0.1) is 0 Å². The molecule has 0 atom stereocenters. The molecule has 0 unspecified atom stereocenters. The van der Waals surface area contributed by atoms with Crippen molar-refractivity contribution in [2.75, 3.05) is 0 Å². The van der Waals surface area contributed by atoms with E-state index in [-0.39, 0.29) is 5.54 Å². The van der Waals surface area contributed by atoms with Crippen molar-refractivity contribution in [1.29, 1.82) is 0 Å². The van der Waals surface area contributed by atoms with Gasteiger partial charge in [0.25, 0.3) is 0 Å². The molecule has 0 amide bonds. The van der Waals surface area contributed by atoms with Crippen molar-refractivity contribution in [1.82, 2.24) is 4.90 Å². The van der Waals surface area contributed by atoms with E-state index in [1.807, 2.05) is 0 Å². The van der Waals surface area contributed by atoms with Crippen LogP contribution in [0.15, 0.2) is 48.5 Å². The third-order valence-electron chi connectivity index (χ3n) is 4.29. The van der Waals surface area contributed by atoms with Gasteiger partial charge < -0.3 is 0 Å². The first kappa shape index (κ1) is 13.4. The van der Waals surface area contributed by atoms with Crippen molar-refractivity contribution in [2.24, 2.45) is 0 Å². The van der Waals surface area contributed by atoms with E-state index in [0.717, 1.165) is 19.5 Å². The molecule has 0 fully saturated rings. The molecule has 0 saturated heterocycles. The van der Waals surface area contributed by atoms with Gasteiger partial charge in [0.05, 0.1) is 0 Å². The Bertz CT molecular complexity index is 560. The largest absolute Gasteiger partial charge is 0.290 e. The number of hydrogen-bond acceptors (Lipinski definition) is 1. The van der Waals surface area contributed by atoms with Crippen LogP contribution in [0.3, 0.4) is 0 Å². The van der Waals surface area contributed by atoms with E-state index < -0.39 is 0 Å². The summed E-state index contributed by atoms with van der Waals surface area (Å²) in [5.41, 5.74) is 6.05. The summed E-state index contributed by atoms with van der Waals surface area (Å²) in [7, 11) is 0. The van der Waals surface area contributed by atoms with E-state index in [0.29, 0.717) is 0 Å². The Labute approximate surface area is 122 Å². The van der Waals surface area contributed by atoms with Crippen molar-refractivity contribution in [3.05, 3.63) is 70.8 Å². The predicted octanol–water partition coefficient (Wildman–Crippen LogP) is 4.39. The first-order valence-corrected chi connectivity index (χ1v) is 7.42. The van der Waals surface area contributed by atoms with Gasteiger partial charge in [0, 0.05) is 18.6 Å². The van der Waals surface area contributed by atoms with Gasteiger partial charge in [0.15, 0.2) is 0 Å². The minimum atomic E-state index is 0.178. The maximum Gasteiger partial charge on any atom is 0.0245 e. The van der Waals surface area contributed by atoms with Crippen LogP contribution in [0.25, 0.3) is 0 Å².